The van der Waals surface area contributed by atoms with Crippen molar-refractivity contribution in [3.05, 3.63) is 0 Å². The van der Waals surface area contributed by atoms with Crippen LogP contribution >= 0.6 is 0 Å². The van der Waals surface area contributed by atoms with Gasteiger partial charge in [-0.25, -0.2) is 0 Å². The van der Waals surface area contributed by atoms with Crippen molar-refractivity contribution in [3.8, 4) is 0 Å². The Labute approximate surface area is 93.5 Å². The molecule has 0 heterocycles. The van der Waals surface area contributed by atoms with Gasteiger partial charge >= 0.3 is 23.1 Å². The van der Waals surface area contributed by atoms with E-state index in [1.165, 1.54) is 0 Å². The molecule has 0 atom stereocenters. The summed E-state index contributed by atoms with van der Waals surface area (Å²) in [5, 5.41) is 19.8. The Morgan fingerprint density at radius 3 is 1.31 bits per heavy atom. The van der Waals surface area contributed by atoms with Crippen LogP contribution in [0.3, 0.4) is 0 Å². The molecule has 0 aromatic rings. The molecule has 0 aliphatic heterocycles. The molecule has 0 N–H and O–H groups in total. The molecule has 0 aliphatic rings. The average Bonchev–Trinajstić information content (AvgIpc) is 1.95. The fraction of sp³-hybridized carbons (Fsp3) is 0.750. The molecule has 0 saturated heterocycles. The number of hydrogen-bond donors (Lipinski definition) is 0. The van der Waals surface area contributed by atoms with Gasteiger partial charge in [0, 0.05) is 11.9 Å². The minimum Gasteiger partial charge on any atom is -0.550 e. The van der Waals surface area contributed by atoms with Crippen LogP contribution in [0.5, 0.6) is 0 Å². The Balaban J connectivity index is 0. The first-order chi connectivity index (χ1) is 5.63. The van der Waals surface area contributed by atoms with Gasteiger partial charge in [-0.05, 0) is 25.7 Å². The van der Waals surface area contributed by atoms with Crippen LogP contribution in [0.2, 0.25) is 0 Å². The fourth-order valence-corrected chi connectivity index (χ4v) is 0.892. The van der Waals surface area contributed by atoms with Gasteiger partial charge in [-0.15, -0.1) is 0 Å². The van der Waals surface area contributed by atoms with Crippen LogP contribution in [0.15, 0.2) is 0 Å². The van der Waals surface area contributed by atoms with E-state index in [4.69, 9.17) is 0 Å². The van der Waals surface area contributed by atoms with Gasteiger partial charge in [0.25, 0.3) is 0 Å². The molecular weight excluding hydrogens is 184 g/mol. The van der Waals surface area contributed by atoms with Crippen molar-refractivity contribution >= 4 is 35.0 Å². The molecule has 0 amide bonds. The Bertz CT molecular complexity index is 140. The minimum atomic E-state index is -1.05. The van der Waals surface area contributed by atoms with E-state index in [2.05, 4.69) is 0 Å². The minimum absolute atomic E-state index is 0. The number of rotatable bonds is 7. The first kappa shape index (κ1) is 15.2. The van der Waals surface area contributed by atoms with Crippen LogP contribution < -0.4 is 10.2 Å². The second kappa shape index (κ2) is 9.79. The third kappa shape index (κ3) is 14.5. The van der Waals surface area contributed by atoms with Gasteiger partial charge in [0.05, 0.1) is 0 Å². The van der Waals surface area contributed by atoms with E-state index >= 15 is 0 Å². The van der Waals surface area contributed by atoms with Crippen molar-refractivity contribution in [2.24, 2.45) is 0 Å². The maximum absolute atomic E-state index is 9.92. The molecule has 0 aromatic carbocycles. The zero-order valence-corrected chi connectivity index (χ0v) is 9.00. The Morgan fingerprint density at radius 2 is 1.08 bits per heavy atom. The van der Waals surface area contributed by atoms with E-state index in [9.17, 15) is 19.8 Å². The van der Waals surface area contributed by atoms with E-state index in [1.54, 1.807) is 0 Å². The summed E-state index contributed by atoms with van der Waals surface area (Å²) >= 11 is 0. The van der Waals surface area contributed by atoms with E-state index in [0.717, 1.165) is 12.8 Å². The predicted octanol–water partition coefficient (Wildman–Crippen LogP) is -1.55. The van der Waals surface area contributed by atoms with Gasteiger partial charge in [0.1, 0.15) is 0 Å². The smallest absolute Gasteiger partial charge is 0.550 e. The van der Waals surface area contributed by atoms with Gasteiger partial charge < -0.3 is 19.8 Å². The maximum Gasteiger partial charge on any atom is 2.00 e. The van der Waals surface area contributed by atoms with Crippen molar-refractivity contribution in [2.45, 2.75) is 38.5 Å². The Kier molecular flexibility index (Phi) is 11.4. The zero-order valence-electron chi connectivity index (χ0n) is 7.58. The molecule has 0 saturated carbocycles. The summed E-state index contributed by atoms with van der Waals surface area (Å²) in [5.41, 5.74) is 0. The van der Waals surface area contributed by atoms with Crippen LogP contribution in [-0.2, 0) is 9.59 Å². The number of aliphatic carboxylic acids is 2. The number of carboxylic acids is 2. The Morgan fingerprint density at radius 1 is 0.769 bits per heavy atom. The van der Waals surface area contributed by atoms with Crippen LogP contribution in [0, 0.1) is 0 Å². The Hall–Kier alpha value is -0.294. The molecule has 13 heavy (non-hydrogen) atoms. The first-order valence-electron chi connectivity index (χ1n) is 4.02. The zero-order chi connectivity index (χ0) is 9.40. The van der Waals surface area contributed by atoms with E-state index in [0.29, 0.717) is 12.8 Å². The van der Waals surface area contributed by atoms with Crippen molar-refractivity contribution in [1.29, 1.82) is 0 Å². The average molecular weight is 196 g/mol. The first-order valence-corrected chi connectivity index (χ1v) is 4.02. The van der Waals surface area contributed by atoms with Crippen molar-refractivity contribution in [2.75, 3.05) is 0 Å². The summed E-state index contributed by atoms with van der Waals surface area (Å²) in [6.45, 7) is 0. The van der Waals surface area contributed by atoms with Crippen molar-refractivity contribution < 1.29 is 19.8 Å². The normalized spacial score (nSPS) is 8.92. The standard InChI is InChI=1S/C8H14O4.Mg/c9-7(10)5-3-1-2-4-6-8(11)12;/h1-6H2,(H,9,10)(H,11,12);/q;+2/p-2. The SMILES string of the molecule is O=C([O-])CCCCCCC(=O)[O-].[Mg+2]. The fourth-order valence-electron chi connectivity index (χ4n) is 0.892. The van der Waals surface area contributed by atoms with E-state index in [1.807, 2.05) is 0 Å². The van der Waals surface area contributed by atoms with Crippen LogP contribution in [0.1, 0.15) is 38.5 Å². The summed E-state index contributed by atoms with van der Waals surface area (Å²) in [4.78, 5) is 19.8. The molecule has 0 fully saturated rings. The summed E-state index contributed by atoms with van der Waals surface area (Å²) in [7, 11) is 0. The monoisotopic (exact) mass is 196 g/mol. The molecule has 0 spiro atoms. The summed E-state index contributed by atoms with van der Waals surface area (Å²) in [6, 6.07) is 0. The third-order valence-electron chi connectivity index (χ3n) is 1.51. The molecule has 0 unspecified atom stereocenters. The number of hydrogen-bond acceptors (Lipinski definition) is 4. The molecule has 4 nitrogen and oxygen atoms in total. The topological polar surface area (TPSA) is 80.3 Å². The van der Waals surface area contributed by atoms with Crippen LogP contribution in [0.25, 0.3) is 0 Å². The summed E-state index contributed by atoms with van der Waals surface area (Å²) < 4.78 is 0. The van der Waals surface area contributed by atoms with Gasteiger partial charge in [-0.2, -0.15) is 0 Å². The van der Waals surface area contributed by atoms with Crippen molar-refractivity contribution in [1.82, 2.24) is 0 Å². The summed E-state index contributed by atoms with van der Waals surface area (Å²) in [5.74, 6) is -2.09. The third-order valence-corrected chi connectivity index (χ3v) is 1.51. The molecule has 70 valence electrons. The molecule has 0 rings (SSSR count). The second-order valence-electron chi connectivity index (χ2n) is 2.66. The predicted molar refractivity (Wildman–Crippen MR) is 43.5 cm³/mol. The molecule has 0 aliphatic carbocycles. The van der Waals surface area contributed by atoms with Crippen molar-refractivity contribution in [3.63, 3.8) is 0 Å². The van der Waals surface area contributed by atoms with Gasteiger partial charge in [-0.3, -0.25) is 0 Å². The van der Waals surface area contributed by atoms with E-state index < -0.39 is 11.9 Å². The number of carbonyl (C=O) groups is 2. The van der Waals surface area contributed by atoms with Crippen LogP contribution in [0.4, 0.5) is 0 Å². The number of unbranched alkanes of at least 4 members (excludes halogenated alkanes) is 3. The van der Waals surface area contributed by atoms with Crippen LogP contribution in [-0.4, -0.2) is 35.0 Å². The largest absolute Gasteiger partial charge is 2.00 e. The van der Waals surface area contributed by atoms with Gasteiger partial charge in [0.15, 0.2) is 0 Å². The number of carbonyl (C=O) groups excluding carboxylic acids is 2. The molecule has 5 heteroatoms. The second-order valence-corrected chi connectivity index (χ2v) is 2.66. The molecule has 0 radical (unpaired) electrons. The molecular formula is C8H12MgO4. The maximum atomic E-state index is 9.92. The quantitative estimate of drug-likeness (QED) is 0.365. The van der Waals surface area contributed by atoms with E-state index in [-0.39, 0.29) is 35.9 Å². The van der Waals surface area contributed by atoms with Gasteiger partial charge in [-0.1, -0.05) is 12.8 Å². The summed E-state index contributed by atoms with van der Waals surface area (Å²) in [6.07, 6.45) is 2.73. The van der Waals surface area contributed by atoms with Gasteiger partial charge in [0.2, 0.25) is 0 Å². The molecule has 0 aromatic heterocycles. The number of carboxylic acid groups (broad SMARTS) is 2. The molecule has 0 bridgehead atoms.